The Hall–Kier alpha value is -4.31. The molecule has 0 spiro atoms. The number of hydrogen-bond acceptors (Lipinski definition) is 7. The summed E-state index contributed by atoms with van der Waals surface area (Å²) < 4.78 is 1.92. The Bertz CT molecular complexity index is 1380. The molecule has 0 unspecified atom stereocenters. The molecule has 1 N–H and O–H groups in total. The molecule has 3 aromatic carbocycles. The molecule has 0 fully saturated rings. The minimum Gasteiger partial charge on any atom is -0.272 e. The number of aromatic nitrogens is 3. The van der Waals surface area contributed by atoms with Gasteiger partial charge in [0, 0.05) is 17.3 Å². The summed E-state index contributed by atoms with van der Waals surface area (Å²) in [5.74, 6) is 0.331. The predicted octanol–water partition coefficient (Wildman–Crippen LogP) is 4.70. The minimum absolute atomic E-state index is 0.0338. The Balaban J connectivity index is 1.51. The van der Waals surface area contributed by atoms with Gasteiger partial charge in [0.2, 0.25) is 0 Å². The fraction of sp³-hybridized carbons (Fsp3) is 0.120. The van der Waals surface area contributed by atoms with Crippen LogP contribution in [-0.2, 0) is 4.79 Å². The zero-order valence-corrected chi connectivity index (χ0v) is 19.9. The lowest BCUT2D eigenvalue weighted by atomic mass is 10.1. The van der Waals surface area contributed by atoms with E-state index in [4.69, 9.17) is 0 Å². The van der Waals surface area contributed by atoms with Gasteiger partial charge in [-0.25, -0.2) is 5.43 Å². The van der Waals surface area contributed by atoms with E-state index < -0.39 is 4.92 Å². The molecule has 9 nitrogen and oxygen atoms in total. The fourth-order valence-corrected chi connectivity index (χ4v) is 4.02. The lowest BCUT2D eigenvalue weighted by molar-refractivity contribution is -0.385. The van der Waals surface area contributed by atoms with Gasteiger partial charge in [0.1, 0.15) is 0 Å². The summed E-state index contributed by atoms with van der Waals surface area (Å²) >= 11 is 1.22. The van der Waals surface area contributed by atoms with Gasteiger partial charge < -0.3 is 0 Å². The molecule has 0 aliphatic rings. The van der Waals surface area contributed by atoms with E-state index in [1.165, 1.54) is 24.0 Å². The van der Waals surface area contributed by atoms with E-state index in [2.05, 4.69) is 20.7 Å². The molecule has 1 aromatic heterocycles. The molecule has 35 heavy (non-hydrogen) atoms. The number of benzene rings is 3. The van der Waals surface area contributed by atoms with E-state index >= 15 is 0 Å². The second kappa shape index (κ2) is 10.7. The van der Waals surface area contributed by atoms with Gasteiger partial charge in [-0.1, -0.05) is 71.4 Å². The molecule has 4 aromatic rings. The molecule has 0 aliphatic carbocycles. The lowest BCUT2D eigenvalue weighted by Crippen LogP contribution is -2.20. The molecule has 0 radical (unpaired) electrons. The zero-order valence-electron chi connectivity index (χ0n) is 19.1. The summed E-state index contributed by atoms with van der Waals surface area (Å²) in [7, 11) is 0. The molecule has 10 heteroatoms. The average molecular weight is 487 g/mol. The number of nitrogens with one attached hydrogen (secondary N) is 1. The largest absolute Gasteiger partial charge is 0.278 e. The number of thioether (sulfide) groups is 1. The number of aryl methyl sites for hydroxylation is 2. The van der Waals surface area contributed by atoms with Crippen molar-refractivity contribution >= 4 is 29.6 Å². The van der Waals surface area contributed by atoms with Crippen molar-refractivity contribution in [3.8, 4) is 17.1 Å². The number of para-hydroxylation sites is 1. The molecule has 0 atom stereocenters. The van der Waals surface area contributed by atoms with E-state index in [-0.39, 0.29) is 17.3 Å². The zero-order chi connectivity index (χ0) is 24.8. The van der Waals surface area contributed by atoms with E-state index in [1.807, 2.05) is 66.9 Å². The second-order valence-electron chi connectivity index (χ2n) is 7.74. The summed E-state index contributed by atoms with van der Waals surface area (Å²) in [6, 6.07) is 22.1. The maximum absolute atomic E-state index is 12.4. The third-order valence-electron chi connectivity index (χ3n) is 5.09. The number of carbonyl (C=O) groups excluding carboxylic acids is 1. The number of carbonyl (C=O) groups is 1. The highest BCUT2D eigenvalue weighted by atomic mass is 32.2. The summed E-state index contributed by atoms with van der Waals surface area (Å²) in [6.07, 6.45) is 1.25. The summed E-state index contributed by atoms with van der Waals surface area (Å²) in [4.78, 5) is 23.0. The van der Waals surface area contributed by atoms with Crippen LogP contribution >= 0.6 is 11.8 Å². The van der Waals surface area contributed by atoms with Crippen LogP contribution in [0.5, 0.6) is 0 Å². The smallest absolute Gasteiger partial charge is 0.272 e. The van der Waals surface area contributed by atoms with Gasteiger partial charge >= 0.3 is 0 Å². The Labute approximate surface area is 206 Å². The van der Waals surface area contributed by atoms with Crippen LogP contribution < -0.4 is 5.43 Å². The quantitative estimate of drug-likeness (QED) is 0.167. The molecule has 0 saturated carbocycles. The van der Waals surface area contributed by atoms with Crippen molar-refractivity contribution in [3.63, 3.8) is 0 Å². The van der Waals surface area contributed by atoms with Crippen molar-refractivity contribution in [3.05, 3.63) is 99.6 Å². The van der Waals surface area contributed by atoms with Crippen molar-refractivity contribution in [2.24, 2.45) is 5.10 Å². The van der Waals surface area contributed by atoms with Crippen molar-refractivity contribution < 1.29 is 9.72 Å². The maximum atomic E-state index is 12.4. The fourth-order valence-electron chi connectivity index (χ4n) is 3.28. The Morgan fingerprint density at radius 3 is 2.37 bits per heavy atom. The number of rotatable bonds is 8. The van der Waals surface area contributed by atoms with Crippen LogP contribution in [0.15, 0.2) is 83.1 Å². The third kappa shape index (κ3) is 5.79. The van der Waals surface area contributed by atoms with Crippen molar-refractivity contribution in [1.82, 2.24) is 20.2 Å². The van der Waals surface area contributed by atoms with Crippen LogP contribution in [0, 0.1) is 24.0 Å². The number of amides is 1. The predicted molar refractivity (Wildman–Crippen MR) is 136 cm³/mol. The minimum atomic E-state index is -0.497. The highest BCUT2D eigenvalue weighted by Gasteiger charge is 2.17. The van der Waals surface area contributed by atoms with Gasteiger partial charge in [-0.3, -0.25) is 19.5 Å². The van der Waals surface area contributed by atoms with Crippen LogP contribution in [-0.4, -0.2) is 37.6 Å². The van der Waals surface area contributed by atoms with Gasteiger partial charge in [-0.2, -0.15) is 5.10 Å². The Morgan fingerprint density at radius 2 is 1.69 bits per heavy atom. The third-order valence-corrected chi connectivity index (χ3v) is 6.02. The van der Waals surface area contributed by atoms with Gasteiger partial charge in [0.25, 0.3) is 11.6 Å². The number of hydrogen-bond donors (Lipinski definition) is 1. The first-order valence-corrected chi connectivity index (χ1v) is 11.7. The molecule has 0 aliphatic heterocycles. The lowest BCUT2D eigenvalue weighted by Gasteiger charge is -2.11. The normalized spacial score (nSPS) is 11.0. The van der Waals surface area contributed by atoms with E-state index in [9.17, 15) is 14.9 Å². The average Bonchev–Trinajstić information content (AvgIpc) is 3.28. The van der Waals surface area contributed by atoms with E-state index in [0.29, 0.717) is 16.5 Å². The van der Waals surface area contributed by atoms with Crippen LogP contribution in [0.3, 0.4) is 0 Å². The highest BCUT2D eigenvalue weighted by Crippen LogP contribution is 2.28. The summed E-state index contributed by atoms with van der Waals surface area (Å²) in [6.45, 7) is 4.04. The van der Waals surface area contributed by atoms with E-state index in [0.717, 1.165) is 22.4 Å². The Kier molecular flexibility index (Phi) is 7.32. The standard InChI is InChI=1S/C25H22N6O3S/c1-17-7-11-19(12-8-17)24-28-29-25(30(24)21-13-9-18(2)10-14-21)35-16-23(32)27-26-15-20-5-3-4-6-22(20)31(33)34/h3-15H,16H2,1-2H3,(H,27,32)/b26-15+. The SMILES string of the molecule is Cc1ccc(-c2nnc(SCC(=O)N/N=C/c3ccccc3[N+](=O)[O-])n2-c2ccc(C)cc2)cc1. The maximum Gasteiger partial charge on any atom is 0.278 e. The number of nitrogens with zero attached hydrogens (tertiary/aromatic N) is 5. The monoisotopic (exact) mass is 486 g/mol. The molecule has 1 heterocycles. The number of nitro groups is 1. The summed E-state index contributed by atoms with van der Waals surface area (Å²) in [5.41, 5.74) is 6.68. The van der Waals surface area contributed by atoms with Crippen LogP contribution in [0.4, 0.5) is 5.69 Å². The van der Waals surface area contributed by atoms with Crippen LogP contribution in [0.2, 0.25) is 0 Å². The molecular formula is C25H22N6O3S. The van der Waals surface area contributed by atoms with Crippen molar-refractivity contribution in [1.29, 1.82) is 0 Å². The highest BCUT2D eigenvalue weighted by molar-refractivity contribution is 7.99. The van der Waals surface area contributed by atoms with Crippen molar-refractivity contribution in [2.45, 2.75) is 19.0 Å². The first-order chi connectivity index (χ1) is 16.9. The number of nitro benzene ring substituents is 1. The van der Waals surface area contributed by atoms with Gasteiger partial charge in [-0.15, -0.1) is 10.2 Å². The topological polar surface area (TPSA) is 115 Å². The van der Waals surface area contributed by atoms with Crippen LogP contribution in [0.1, 0.15) is 16.7 Å². The number of hydrazone groups is 1. The first-order valence-electron chi connectivity index (χ1n) is 10.7. The molecule has 176 valence electrons. The summed E-state index contributed by atoms with van der Waals surface area (Å²) in [5, 5.41) is 24.2. The van der Waals surface area contributed by atoms with Gasteiger partial charge in [0.15, 0.2) is 11.0 Å². The molecule has 1 amide bonds. The van der Waals surface area contributed by atoms with E-state index in [1.54, 1.807) is 18.2 Å². The van der Waals surface area contributed by atoms with Crippen molar-refractivity contribution in [2.75, 3.05) is 5.75 Å². The molecule has 0 bridgehead atoms. The molecule has 4 rings (SSSR count). The second-order valence-corrected chi connectivity index (χ2v) is 8.68. The Morgan fingerprint density at radius 1 is 1.03 bits per heavy atom. The first kappa shape index (κ1) is 23.8. The molecular weight excluding hydrogens is 464 g/mol. The van der Waals surface area contributed by atoms with Gasteiger partial charge in [-0.05, 0) is 32.0 Å². The molecule has 0 saturated heterocycles. The van der Waals surface area contributed by atoms with Gasteiger partial charge in [0.05, 0.1) is 22.5 Å². The van der Waals surface area contributed by atoms with Crippen LogP contribution in [0.25, 0.3) is 17.1 Å².